The number of methoxy groups -OCH3 is 8. The molecule has 0 saturated carbocycles. The van der Waals surface area contributed by atoms with Crippen LogP contribution in [0.15, 0.2) is 170 Å². The molecular formula is C74H64N2O8. The van der Waals surface area contributed by atoms with Gasteiger partial charge in [0.2, 0.25) is 0 Å². The lowest BCUT2D eigenvalue weighted by atomic mass is 9.87. The third-order valence-electron chi connectivity index (χ3n) is 17.2. The number of benzene rings is 11. The van der Waals surface area contributed by atoms with Gasteiger partial charge in [-0.2, -0.15) is 0 Å². The van der Waals surface area contributed by atoms with Crippen LogP contribution in [-0.2, 0) is 0 Å². The molecule has 0 fully saturated rings. The Kier molecular flexibility index (Phi) is 13.3. The Morgan fingerprint density at radius 3 is 0.726 bits per heavy atom. The summed E-state index contributed by atoms with van der Waals surface area (Å²) in [7, 11) is 13.6. The maximum absolute atomic E-state index is 6.06. The fraction of sp³-hybridized carbons (Fsp3) is 0.162. The fourth-order valence-corrected chi connectivity index (χ4v) is 13.3. The molecule has 0 amide bonds. The topological polar surface area (TPSA) is 80.3 Å². The Morgan fingerprint density at radius 2 is 0.476 bits per heavy atom. The largest absolute Gasteiger partial charge is 0.496 e. The smallest absolute Gasteiger partial charge is 0.127 e. The summed E-state index contributed by atoms with van der Waals surface area (Å²) in [4.78, 5) is 4.53. The highest BCUT2D eigenvalue weighted by atomic mass is 16.5. The van der Waals surface area contributed by atoms with Gasteiger partial charge in [0.1, 0.15) is 46.0 Å². The lowest BCUT2D eigenvalue weighted by molar-refractivity contribution is 0.388. The van der Waals surface area contributed by atoms with E-state index in [0.717, 1.165) is 111 Å². The average molecular weight is 1110 g/mol. The van der Waals surface area contributed by atoms with E-state index < -0.39 is 0 Å². The molecule has 84 heavy (non-hydrogen) atoms. The van der Waals surface area contributed by atoms with Crippen molar-refractivity contribution >= 4 is 98.8 Å². The number of ether oxygens (including phenoxy) is 8. The number of hydrogen-bond acceptors (Lipinski definition) is 10. The summed E-state index contributed by atoms with van der Waals surface area (Å²) in [6.45, 7) is 8.05. The molecule has 0 bridgehead atoms. The van der Waals surface area contributed by atoms with E-state index in [1.165, 1.54) is 32.7 Å². The van der Waals surface area contributed by atoms with Crippen LogP contribution in [0.2, 0.25) is 0 Å². The Morgan fingerprint density at radius 1 is 0.238 bits per heavy atom. The van der Waals surface area contributed by atoms with Crippen molar-refractivity contribution in [2.45, 2.75) is 27.7 Å². The molecule has 0 radical (unpaired) electrons. The predicted molar refractivity (Wildman–Crippen MR) is 345 cm³/mol. The summed E-state index contributed by atoms with van der Waals surface area (Å²) in [6.07, 6.45) is 0. The molecule has 0 aliphatic heterocycles. The van der Waals surface area contributed by atoms with Gasteiger partial charge in [-0.3, -0.25) is 0 Å². The van der Waals surface area contributed by atoms with Crippen molar-refractivity contribution in [1.29, 1.82) is 0 Å². The first kappa shape index (κ1) is 53.3. The van der Waals surface area contributed by atoms with Crippen molar-refractivity contribution in [3.05, 3.63) is 192 Å². The van der Waals surface area contributed by atoms with Crippen molar-refractivity contribution in [2.24, 2.45) is 0 Å². The van der Waals surface area contributed by atoms with Gasteiger partial charge in [-0.15, -0.1) is 0 Å². The standard InChI is InChI=1S/C74H64N2O8/c1-41-59(77-5)33-47(34-60(41)78-6)75(48-35-61(79-7)42(2)62(36-48)80-8)57-31-29-55-69-51(57)25-19-27-53(69)71-67(45-21-15-13-16-22-45)72-54-28-20-26-52-58(32-30-56(70(52)54)74(72)68(73(55)71)46-23-17-14-18-24-46)76(49-37-63(81-9)43(3)64(38-49)82-10)50-39-65(83-11)44(4)66(40-50)84-12/h13-40H,1-12H3. The van der Waals surface area contributed by atoms with Crippen LogP contribution in [-0.4, -0.2) is 56.9 Å². The second kappa shape index (κ2) is 21.0. The average Bonchev–Trinajstić information content (AvgIpc) is 2.48. The van der Waals surface area contributed by atoms with E-state index in [-0.39, 0.29) is 0 Å². The summed E-state index contributed by atoms with van der Waals surface area (Å²) in [6, 6.07) is 61.2. The first-order chi connectivity index (χ1) is 41.0. The van der Waals surface area contributed by atoms with Crippen molar-refractivity contribution in [1.82, 2.24) is 0 Å². The van der Waals surface area contributed by atoms with Gasteiger partial charge in [0.05, 0.1) is 91.0 Å². The van der Waals surface area contributed by atoms with Gasteiger partial charge in [0.25, 0.3) is 0 Å². The summed E-state index contributed by atoms with van der Waals surface area (Å²) in [5.74, 6) is 5.63. The number of anilines is 6. The molecule has 0 aliphatic carbocycles. The van der Waals surface area contributed by atoms with Gasteiger partial charge in [0.15, 0.2) is 0 Å². The highest BCUT2D eigenvalue weighted by Gasteiger charge is 2.31. The molecule has 0 saturated heterocycles. The first-order valence-electron chi connectivity index (χ1n) is 28.0. The van der Waals surface area contributed by atoms with Gasteiger partial charge in [0, 0.05) is 81.6 Å². The molecule has 0 spiro atoms. The molecule has 13 aromatic rings. The van der Waals surface area contributed by atoms with E-state index in [2.05, 4.69) is 180 Å². The van der Waals surface area contributed by atoms with E-state index in [4.69, 9.17) is 37.9 Å². The minimum absolute atomic E-state index is 0.703. The zero-order valence-electron chi connectivity index (χ0n) is 49.3. The molecule has 10 heteroatoms. The zero-order chi connectivity index (χ0) is 58.2. The van der Waals surface area contributed by atoms with Gasteiger partial charge in [-0.25, -0.2) is 0 Å². The van der Waals surface area contributed by atoms with Crippen LogP contribution >= 0.6 is 0 Å². The molecule has 10 nitrogen and oxygen atoms in total. The van der Waals surface area contributed by atoms with Crippen LogP contribution in [0.1, 0.15) is 22.3 Å². The summed E-state index contributed by atoms with van der Waals surface area (Å²) >= 11 is 0. The summed E-state index contributed by atoms with van der Waals surface area (Å²) < 4.78 is 48.4. The summed E-state index contributed by atoms with van der Waals surface area (Å²) in [5.41, 5.74) is 13.5. The van der Waals surface area contributed by atoms with Gasteiger partial charge >= 0.3 is 0 Å². The molecule has 13 rings (SSSR count). The maximum atomic E-state index is 6.06. The normalized spacial score (nSPS) is 11.6. The molecule has 418 valence electrons. The SMILES string of the molecule is COc1cc(N(c2cc(OC)c(C)c(OC)c2)c2ccc3c4c(-c5ccccc5)c5c6ccc(N(c7cc(OC)c(C)c(OC)c7)c7cc(OC)c(C)c(OC)c7)c7cccc(c5c(-c5ccccc5)c4c4cccc2c43)c76)cc(OC)c1C. The molecule has 0 N–H and O–H groups in total. The van der Waals surface area contributed by atoms with Crippen molar-refractivity contribution in [2.75, 3.05) is 66.7 Å². The Balaban J connectivity index is 1.18. The monoisotopic (exact) mass is 1110 g/mol. The van der Waals surface area contributed by atoms with E-state index >= 15 is 0 Å². The van der Waals surface area contributed by atoms with Crippen molar-refractivity contribution in [3.63, 3.8) is 0 Å². The molecule has 0 atom stereocenters. The second-order valence-electron chi connectivity index (χ2n) is 21.3. The van der Waals surface area contributed by atoms with Gasteiger partial charge < -0.3 is 47.7 Å². The maximum Gasteiger partial charge on any atom is 0.127 e. The lowest BCUT2D eigenvalue weighted by Crippen LogP contribution is -2.12. The van der Waals surface area contributed by atoms with E-state index in [9.17, 15) is 0 Å². The van der Waals surface area contributed by atoms with E-state index in [1.807, 2.05) is 27.7 Å². The third kappa shape index (κ3) is 8.06. The highest BCUT2D eigenvalue weighted by Crippen LogP contribution is 2.59. The summed E-state index contributed by atoms with van der Waals surface area (Å²) in [5, 5.41) is 13.8. The van der Waals surface area contributed by atoms with Crippen LogP contribution in [0.5, 0.6) is 46.0 Å². The first-order valence-corrected chi connectivity index (χ1v) is 28.0. The van der Waals surface area contributed by atoms with Crippen LogP contribution in [0, 0.1) is 27.7 Å². The zero-order valence-corrected chi connectivity index (χ0v) is 49.3. The van der Waals surface area contributed by atoms with E-state index in [1.54, 1.807) is 56.9 Å². The lowest BCUT2D eigenvalue weighted by Gasteiger charge is -2.29. The van der Waals surface area contributed by atoms with Crippen LogP contribution in [0.3, 0.4) is 0 Å². The quantitative estimate of drug-likeness (QED) is 0.0933. The van der Waals surface area contributed by atoms with Crippen LogP contribution in [0.25, 0.3) is 86.9 Å². The number of hydrogen-bond donors (Lipinski definition) is 0. The van der Waals surface area contributed by atoms with Gasteiger partial charge in [-0.05, 0) is 116 Å². The molecular weight excluding hydrogens is 1040 g/mol. The highest BCUT2D eigenvalue weighted by molar-refractivity contribution is 6.47. The molecule has 13 aromatic carbocycles. The number of fused-ring (bicyclic) bond motifs is 6. The molecule has 0 unspecified atom stereocenters. The Labute approximate surface area is 489 Å². The van der Waals surface area contributed by atoms with Crippen LogP contribution in [0.4, 0.5) is 34.1 Å². The van der Waals surface area contributed by atoms with Crippen molar-refractivity contribution < 1.29 is 37.9 Å². The molecule has 0 aromatic heterocycles. The second-order valence-corrected chi connectivity index (χ2v) is 21.3. The fourth-order valence-electron chi connectivity index (χ4n) is 13.3. The Hall–Kier alpha value is -10.1. The van der Waals surface area contributed by atoms with Crippen molar-refractivity contribution in [3.8, 4) is 68.2 Å². The minimum Gasteiger partial charge on any atom is -0.496 e. The van der Waals surface area contributed by atoms with E-state index in [0.29, 0.717) is 46.0 Å². The third-order valence-corrected chi connectivity index (χ3v) is 17.2. The minimum atomic E-state index is 0.703. The predicted octanol–water partition coefficient (Wildman–Crippen LogP) is 19.1. The molecule has 0 heterocycles. The number of nitrogens with zero attached hydrogens (tertiary/aromatic N) is 2. The number of rotatable bonds is 16. The Bertz CT molecular complexity index is 4130. The van der Waals surface area contributed by atoms with Crippen LogP contribution < -0.4 is 47.7 Å². The van der Waals surface area contributed by atoms with Gasteiger partial charge in [-0.1, -0.05) is 109 Å². The molecule has 0 aliphatic rings.